The van der Waals surface area contributed by atoms with Gasteiger partial charge in [-0.2, -0.15) is 0 Å². The summed E-state index contributed by atoms with van der Waals surface area (Å²) in [7, 11) is 1.52. The molecule has 6 heteroatoms. The second kappa shape index (κ2) is 4.82. The second-order valence-electron chi connectivity index (χ2n) is 4.29. The number of aromatic hydroxyl groups is 1. The van der Waals surface area contributed by atoms with Gasteiger partial charge in [-0.3, -0.25) is 0 Å². The number of hydrogen-bond donors (Lipinski definition) is 2. The number of aromatic nitrogens is 3. The van der Waals surface area contributed by atoms with Crippen LogP contribution in [0.15, 0.2) is 36.4 Å². The van der Waals surface area contributed by atoms with Crippen LogP contribution < -0.4 is 4.74 Å². The van der Waals surface area contributed by atoms with Crippen LogP contribution in [-0.2, 0) is 6.61 Å². The average molecular weight is 271 g/mol. The van der Waals surface area contributed by atoms with Gasteiger partial charge in [-0.25, -0.2) is 0 Å². The summed E-state index contributed by atoms with van der Waals surface area (Å²) in [5.74, 6) is 0.455. The Hall–Kier alpha value is -2.60. The van der Waals surface area contributed by atoms with E-state index in [1.165, 1.54) is 11.9 Å². The van der Waals surface area contributed by atoms with Gasteiger partial charge in [0.15, 0.2) is 0 Å². The maximum atomic E-state index is 10.2. The lowest BCUT2D eigenvalue weighted by Crippen LogP contribution is -2.02. The van der Waals surface area contributed by atoms with E-state index in [0.29, 0.717) is 17.0 Å². The highest BCUT2D eigenvalue weighted by Crippen LogP contribution is 2.31. The monoisotopic (exact) mass is 271 g/mol. The zero-order chi connectivity index (χ0) is 14.1. The van der Waals surface area contributed by atoms with Crippen molar-refractivity contribution in [3.8, 4) is 17.2 Å². The summed E-state index contributed by atoms with van der Waals surface area (Å²) >= 11 is 0. The van der Waals surface area contributed by atoms with E-state index in [1.807, 2.05) is 24.3 Å². The molecule has 0 aliphatic carbocycles. The fourth-order valence-electron chi connectivity index (χ4n) is 2.01. The average Bonchev–Trinajstić information content (AvgIpc) is 2.91. The lowest BCUT2D eigenvalue weighted by Gasteiger charge is -2.10. The molecule has 6 nitrogen and oxygen atoms in total. The first-order chi connectivity index (χ1) is 9.72. The Morgan fingerprint density at radius 2 is 1.80 bits per heavy atom. The first kappa shape index (κ1) is 12.4. The third-order valence-electron chi connectivity index (χ3n) is 3.05. The van der Waals surface area contributed by atoms with Crippen LogP contribution in [-0.4, -0.2) is 32.3 Å². The molecule has 0 radical (unpaired) electrons. The quantitative estimate of drug-likeness (QED) is 0.756. The molecule has 0 aliphatic rings. The lowest BCUT2D eigenvalue weighted by atomic mass is 10.1. The topological polar surface area (TPSA) is 80.4 Å². The summed E-state index contributed by atoms with van der Waals surface area (Å²) in [6.07, 6.45) is 0. The van der Waals surface area contributed by atoms with Crippen LogP contribution >= 0.6 is 0 Å². The van der Waals surface area contributed by atoms with Gasteiger partial charge in [-0.05, 0) is 18.2 Å². The zero-order valence-corrected chi connectivity index (χ0v) is 10.8. The van der Waals surface area contributed by atoms with Gasteiger partial charge in [0.05, 0.1) is 13.7 Å². The van der Waals surface area contributed by atoms with Crippen molar-refractivity contribution >= 4 is 11.0 Å². The SMILES string of the molecule is COc1cc(CO)c(O)c(-n2nc3ccccc3n2)c1. The number of phenols is 1. The first-order valence-electron chi connectivity index (χ1n) is 6.06. The highest BCUT2D eigenvalue weighted by molar-refractivity contribution is 5.73. The van der Waals surface area contributed by atoms with Crippen LogP contribution in [0, 0.1) is 0 Å². The Kier molecular flexibility index (Phi) is 3.00. The Morgan fingerprint density at radius 1 is 1.15 bits per heavy atom. The largest absolute Gasteiger partial charge is 0.505 e. The maximum Gasteiger partial charge on any atom is 0.148 e. The molecule has 0 fully saturated rings. The molecule has 2 aromatic carbocycles. The van der Waals surface area contributed by atoms with Crippen LogP contribution in [0.4, 0.5) is 0 Å². The van der Waals surface area contributed by atoms with Crippen molar-refractivity contribution in [1.82, 2.24) is 15.0 Å². The van der Waals surface area contributed by atoms with Gasteiger partial charge in [0.1, 0.15) is 28.2 Å². The molecule has 0 saturated carbocycles. The van der Waals surface area contributed by atoms with Gasteiger partial charge in [0.2, 0.25) is 0 Å². The molecule has 0 spiro atoms. The van der Waals surface area contributed by atoms with Crippen LogP contribution in [0.1, 0.15) is 5.56 Å². The number of benzene rings is 2. The Balaban J connectivity index is 2.22. The maximum absolute atomic E-state index is 10.2. The number of ether oxygens (including phenoxy) is 1. The van der Waals surface area contributed by atoms with Crippen LogP contribution in [0.3, 0.4) is 0 Å². The molecule has 0 amide bonds. The molecule has 0 bridgehead atoms. The summed E-state index contributed by atoms with van der Waals surface area (Å²) in [6, 6.07) is 10.6. The van der Waals surface area contributed by atoms with E-state index in [1.54, 1.807) is 12.1 Å². The third kappa shape index (κ3) is 1.96. The summed E-state index contributed by atoms with van der Waals surface area (Å²) in [4.78, 5) is 1.34. The highest BCUT2D eigenvalue weighted by atomic mass is 16.5. The van der Waals surface area contributed by atoms with E-state index in [9.17, 15) is 10.2 Å². The number of rotatable bonds is 3. The van der Waals surface area contributed by atoms with Crippen LogP contribution in [0.25, 0.3) is 16.7 Å². The molecular weight excluding hydrogens is 258 g/mol. The van der Waals surface area contributed by atoms with Gasteiger partial charge < -0.3 is 14.9 Å². The van der Waals surface area contributed by atoms with Crippen molar-refractivity contribution in [1.29, 1.82) is 0 Å². The molecule has 0 atom stereocenters. The fourth-order valence-corrected chi connectivity index (χ4v) is 2.01. The molecule has 1 heterocycles. The number of aliphatic hydroxyl groups is 1. The Labute approximate surface area is 114 Å². The van der Waals surface area contributed by atoms with Crippen LogP contribution in [0.2, 0.25) is 0 Å². The van der Waals surface area contributed by atoms with Crippen LogP contribution in [0.5, 0.6) is 11.5 Å². The summed E-state index contributed by atoms with van der Waals surface area (Å²) in [6.45, 7) is -0.295. The standard InChI is InChI=1S/C14H13N3O3/c1-20-10-6-9(8-18)14(19)13(7-10)17-15-11-4-2-3-5-12(11)16-17/h2-7,18-19H,8H2,1H3. The van der Waals surface area contributed by atoms with Gasteiger partial charge in [0.25, 0.3) is 0 Å². The van der Waals surface area contributed by atoms with E-state index < -0.39 is 0 Å². The second-order valence-corrected chi connectivity index (χ2v) is 4.29. The fraction of sp³-hybridized carbons (Fsp3) is 0.143. The molecule has 20 heavy (non-hydrogen) atoms. The molecule has 0 saturated heterocycles. The molecule has 0 aliphatic heterocycles. The van der Waals surface area contributed by atoms with E-state index >= 15 is 0 Å². The summed E-state index contributed by atoms with van der Waals surface area (Å²) < 4.78 is 5.16. The van der Waals surface area contributed by atoms with E-state index in [-0.39, 0.29) is 12.4 Å². The number of methoxy groups -OCH3 is 1. The molecule has 102 valence electrons. The van der Waals surface area contributed by atoms with Crippen molar-refractivity contribution in [3.05, 3.63) is 42.0 Å². The molecule has 2 N–H and O–H groups in total. The smallest absolute Gasteiger partial charge is 0.148 e. The minimum Gasteiger partial charge on any atom is -0.505 e. The van der Waals surface area contributed by atoms with E-state index in [2.05, 4.69) is 10.2 Å². The van der Waals surface area contributed by atoms with Gasteiger partial charge in [-0.1, -0.05) is 12.1 Å². The summed E-state index contributed by atoms with van der Waals surface area (Å²) in [5.41, 5.74) is 2.17. The molecule has 3 rings (SSSR count). The minimum absolute atomic E-state index is 0.0615. The predicted octanol–water partition coefficient (Wildman–Crippen LogP) is 1.63. The molecular formula is C14H13N3O3. The molecule has 3 aromatic rings. The van der Waals surface area contributed by atoms with Crippen molar-refractivity contribution in [2.75, 3.05) is 7.11 Å². The Bertz CT molecular complexity index is 734. The highest BCUT2D eigenvalue weighted by Gasteiger charge is 2.14. The normalized spacial score (nSPS) is 10.9. The molecule has 0 unspecified atom stereocenters. The minimum atomic E-state index is -0.295. The number of hydrogen-bond acceptors (Lipinski definition) is 5. The number of fused-ring (bicyclic) bond motifs is 1. The third-order valence-corrected chi connectivity index (χ3v) is 3.05. The van der Waals surface area contributed by atoms with Crippen molar-refractivity contribution in [2.45, 2.75) is 6.61 Å². The van der Waals surface area contributed by atoms with Gasteiger partial charge in [-0.15, -0.1) is 15.0 Å². The Morgan fingerprint density at radius 3 is 2.35 bits per heavy atom. The van der Waals surface area contributed by atoms with Crippen molar-refractivity contribution in [3.63, 3.8) is 0 Å². The summed E-state index contributed by atoms with van der Waals surface area (Å²) in [5, 5.41) is 28.1. The van der Waals surface area contributed by atoms with Crippen molar-refractivity contribution < 1.29 is 14.9 Å². The van der Waals surface area contributed by atoms with E-state index in [0.717, 1.165) is 11.0 Å². The first-order valence-corrected chi connectivity index (χ1v) is 6.06. The number of nitrogens with zero attached hydrogens (tertiary/aromatic N) is 3. The lowest BCUT2D eigenvalue weighted by molar-refractivity contribution is 0.274. The van der Waals surface area contributed by atoms with Gasteiger partial charge >= 0.3 is 0 Å². The zero-order valence-electron chi connectivity index (χ0n) is 10.8. The van der Waals surface area contributed by atoms with E-state index in [4.69, 9.17) is 4.74 Å². The number of aliphatic hydroxyl groups excluding tert-OH is 1. The van der Waals surface area contributed by atoms with Crippen molar-refractivity contribution in [2.24, 2.45) is 0 Å². The molecule has 1 aromatic heterocycles. The predicted molar refractivity (Wildman–Crippen MR) is 73.0 cm³/mol. The van der Waals surface area contributed by atoms with Gasteiger partial charge in [0, 0.05) is 11.6 Å².